The Balaban J connectivity index is 1.39. The average molecular weight is 362 g/mol. The average Bonchev–Trinajstić information content (AvgIpc) is 3.25. The Morgan fingerprint density at radius 1 is 1.16 bits per heavy atom. The molecule has 0 atom stereocenters. The van der Waals surface area contributed by atoms with Gasteiger partial charge in [0.05, 0.1) is 6.54 Å². The summed E-state index contributed by atoms with van der Waals surface area (Å²) in [5.74, 6) is 0.247. The highest BCUT2D eigenvalue weighted by molar-refractivity contribution is 7.20. The minimum Gasteiger partial charge on any atom is -0.344 e. The standard InChI is InChI=1S/C16H22N6O2S/c1-12-10-13(23)22-15(17-12)25-16(18-22)21-8-6-19(7-9-21)11-14(24)20-4-2-3-5-20/h10H,2-9,11H2,1H3. The summed E-state index contributed by atoms with van der Waals surface area (Å²) in [6, 6.07) is 1.50. The van der Waals surface area contributed by atoms with Gasteiger partial charge in [0, 0.05) is 51.0 Å². The van der Waals surface area contributed by atoms with E-state index in [0.717, 1.165) is 57.2 Å². The van der Waals surface area contributed by atoms with Crippen LogP contribution in [0.3, 0.4) is 0 Å². The lowest BCUT2D eigenvalue weighted by molar-refractivity contribution is -0.131. The van der Waals surface area contributed by atoms with Gasteiger partial charge in [0.2, 0.25) is 16.0 Å². The fourth-order valence-corrected chi connectivity index (χ4v) is 4.40. The lowest BCUT2D eigenvalue weighted by atomic mass is 10.3. The van der Waals surface area contributed by atoms with Crippen molar-refractivity contribution in [1.29, 1.82) is 0 Å². The summed E-state index contributed by atoms with van der Waals surface area (Å²) < 4.78 is 1.37. The Bertz CT molecular complexity index is 833. The summed E-state index contributed by atoms with van der Waals surface area (Å²) in [5, 5.41) is 5.24. The van der Waals surface area contributed by atoms with Crippen LogP contribution in [-0.2, 0) is 4.79 Å². The third kappa shape index (κ3) is 3.38. The van der Waals surface area contributed by atoms with E-state index in [-0.39, 0.29) is 11.5 Å². The number of carbonyl (C=O) groups is 1. The Kier molecular flexibility index (Phi) is 4.43. The maximum Gasteiger partial charge on any atom is 0.275 e. The molecule has 2 fully saturated rings. The Labute approximate surface area is 149 Å². The zero-order chi connectivity index (χ0) is 17.4. The largest absolute Gasteiger partial charge is 0.344 e. The molecule has 1 amide bonds. The fraction of sp³-hybridized carbons (Fsp3) is 0.625. The van der Waals surface area contributed by atoms with Crippen LogP contribution in [-0.4, -0.2) is 76.1 Å². The van der Waals surface area contributed by atoms with E-state index < -0.39 is 0 Å². The molecule has 2 aliphatic rings. The second-order valence-electron chi connectivity index (χ2n) is 6.67. The summed E-state index contributed by atoms with van der Waals surface area (Å²) >= 11 is 1.44. The number of hydrogen-bond donors (Lipinski definition) is 0. The number of fused-ring (bicyclic) bond motifs is 1. The SMILES string of the molecule is Cc1cc(=O)n2nc(N3CCN(CC(=O)N4CCCC4)CC3)sc2n1. The van der Waals surface area contributed by atoms with Crippen molar-refractivity contribution in [3.8, 4) is 0 Å². The Morgan fingerprint density at radius 3 is 2.60 bits per heavy atom. The third-order valence-corrected chi connectivity index (χ3v) is 5.79. The molecule has 4 heterocycles. The van der Waals surface area contributed by atoms with Gasteiger partial charge in [0.15, 0.2) is 0 Å². The normalized spacial score (nSPS) is 19.1. The molecule has 134 valence electrons. The fourth-order valence-electron chi connectivity index (χ4n) is 3.39. The van der Waals surface area contributed by atoms with Gasteiger partial charge in [-0.05, 0) is 19.8 Å². The smallest absolute Gasteiger partial charge is 0.275 e. The molecule has 0 bridgehead atoms. The first-order chi connectivity index (χ1) is 12.1. The molecule has 2 aromatic rings. The molecule has 0 aromatic carbocycles. The highest BCUT2D eigenvalue weighted by atomic mass is 32.1. The highest BCUT2D eigenvalue weighted by Gasteiger charge is 2.25. The van der Waals surface area contributed by atoms with Crippen molar-refractivity contribution >= 4 is 27.3 Å². The van der Waals surface area contributed by atoms with Crippen LogP contribution < -0.4 is 10.5 Å². The molecule has 4 rings (SSSR count). The minimum absolute atomic E-state index is 0.139. The van der Waals surface area contributed by atoms with E-state index in [1.807, 2.05) is 11.8 Å². The monoisotopic (exact) mass is 362 g/mol. The summed E-state index contributed by atoms with van der Waals surface area (Å²) in [6.07, 6.45) is 2.26. The van der Waals surface area contributed by atoms with Gasteiger partial charge in [-0.1, -0.05) is 11.3 Å². The van der Waals surface area contributed by atoms with Crippen molar-refractivity contribution in [2.45, 2.75) is 19.8 Å². The van der Waals surface area contributed by atoms with Gasteiger partial charge in [-0.25, -0.2) is 4.98 Å². The first-order valence-electron chi connectivity index (χ1n) is 8.73. The minimum atomic E-state index is -0.139. The zero-order valence-electron chi connectivity index (χ0n) is 14.3. The number of aryl methyl sites for hydroxylation is 1. The molecule has 8 nitrogen and oxygen atoms in total. The molecule has 2 saturated heterocycles. The number of nitrogens with zero attached hydrogens (tertiary/aromatic N) is 6. The second kappa shape index (κ2) is 6.72. The number of likely N-dealkylation sites (tertiary alicyclic amines) is 1. The van der Waals surface area contributed by atoms with Crippen LogP contribution in [0.5, 0.6) is 0 Å². The van der Waals surface area contributed by atoms with Crippen LogP contribution in [0.25, 0.3) is 4.96 Å². The van der Waals surface area contributed by atoms with Crippen molar-refractivity contribution in [1.82, 2.24) is 24.4 Å². The van der Waals surface area contributed by atoms with Gasteiger partial charge in [0.1, 0.15) is 0 Å². The number of anilines is 1. The Morgan fingerprint density at radius 2 is 1.88 bits per heavy atom. The van der Waals surface area contributed by atoms with E-state index in [9.17, 15) is 9.59 Å². The molecule has 0 radical (unpaired) electrons. The van der Waals surface area contributed by atoms with Gasteiger partial charge in [-0.2, -0.15) is 4.52 Å². The van der Waals surface area contributed by atoms with Crippen LogP contribution in [0.4, 0.5) is 5.13 Å². The lowest BCUT2D eigenvalue weighted by Crippen LogP contribution is -2.49. The summed E-state index contributed by atoms with van der Waals surface area (Å²) in [7, 11) is 0. The van der Waals surface area contributed by atoms with E-state index in [4.69, 9.17) is 0 Å². The van der Waals surface area contributed by atoms with Gasteiger partial charge >= 0.3 is 0 Å². The molecule has 0 N–H and O–H groups in total. The van der Waals surface area contributed by atoms with Gasteiger partial charge < -0.3 is 9.80 Å². The number of carbonyl (C=O) groups excluding carboxylic acids is 1. The molecule has 0 aliphatic carbocycles. The van der Waals surface area contributed by atoms with E-state index in [0.29, 0.717) is 17.2 Å². The summed E-state index contributed by atoms with van der Waals surface area (Å²) in [4.78, 5) is 35.6. The maximum atomic E-state index is 12.3. The summed E-state index contributed by atoms with van der Waals surface area (Å²) in [5.41, 5.74) is 0.574. The third-order valence-electron chi connectivity index (χ3n) is 4.82. The topological polar surface area (TPSA) is 74.1 Å². The van der Waals surface area contributed by atoms with Crippen molar-refractivity contribution in [2.75, 3.05) is 50.7 Å². The van der Waals surface area contributed by atoms with Crippen molar-refractivity contribution in [2.24, 2.45) is 0 Å². The quantitative estimate of drug-likeness (QED) is 0.777. The van der Waals surface area contributed by atoms with E-state index in [2.05, 4.69) is 19.9 Å². The molecule has 2 aliphatic heterocycles. The maximum absolute atomic E-state index is 12.3. The van der Waals surface area contributed by atoms with Crippen LogP contribution in [0, 0.1) is 6.92 Å². The second-order valence-corrected chi connectivity index (χ2v) is 7.60. The van der Waals surface area contributed by atoms with Crippen molar-refractivity contribution in [3.05, 3.63) is 22.1 Å². The van der Waals surface area contributed by atoms with Gasteiger partial charge in [-0.3, -0.25) is 14.5 Å². The lowest BCUT2D eigenvalue weighted by Gasteiger charge is -2.34. The summed E-state index contributed by atoms with van der Waals surface area (Å²) in [6.45, 7) is 7.41. The van der Waals surface area contributed by atoms with Crippen molar-refractivity contribution in [3.63, 3.8) is 0 Å². The van der Waals surface area contributed by atoms with Crippen LogP contribution in [0.1, 0.15) is 18.5 Å². The molecule has 0 saturated carbocycles. The number of hydrogen-bond acceptors (Lipinski definition) is 7. The molecule has 0 spiro atoms. The molecular formula is C16H22N6O2S. The van der Waals surface area contributed by atoms with E-state index in [1.54, 1.807) is 0 Å². The highest BCUT2D eigenvalue weighted by Crippen LogP contribution is 2.22. The number of rotatable bonds is 3. The Hall–Kier alpha value is -2.00. The van der Waals surface area contributed by atoms with Gasteiger partial charge in [0.25, 0.3) is 5.56 Å². The molecule has 2 aromatic heterocycles. The molecule has 25 heavy (non-hydrogen) atoms. The first-order valence-corrected chi connectivity index (χ1v) is 9.54. The number of piperazine rings is 1. The van der Waals surface area contributed by atoms with Crippen LogP contribution >= 0.6 is 11.3 Å². The number of amides is 1. The molecule has 0 unspecified atom stereocenters. The molecular weight excluding hydrogens is 340 g/mol. The molecule has 9 heteroatoms. The number of aromatic nitrogens is 3. The van der Waals surface area contributed by atoms with E-state index in [1.165, 1.54) is 21.9 Å². The van der Waals surface area contributed by atoms with Crippen LogP contribution in [0.2, 0.25) is 0 Å². The van der Waals surface area contributed by atoms with Crippen molar-refractivity contribution < 1.29 is 4.79 Å². The predicted molar refractivity (Wildman–Crippen MR) is 96.3 cm³/mol. The first kappa shape index (κ1) is 16.5. The van der Waals surface area contributed by atoms with E-state index >= 15 is 0 Å². The van der Waals surface area contributed by atoms with Crippen LogP contribution in [0.15, 0.2) is 10.9 Å². The predicted octanol–water partition coefficient (Wildman–Crippen LogP) is 0.204. The zero-order valence-corrected chi connectivity index (χ0v) is 15.2. The van der Waals surface area contributed by atoms with Gasteiger partial charge in [-0.15, -0.1) is 5.10 Å².